The molecule has 0 fully saturated rings. The molecule has 0 N–H and O–H groups in total. The van der Waals surface area contributed by atoms with Crippen LogP contribution in [-0.4, -0.2) is 142 Å². The molecule has 5 aliphatic heterocycles. The molecular formula is C57H68N7O12+. The summed E-state index contributed by atoms with van der Waals surface area (Å²) >= 11 is 0. The summed E-state index contributed by atoms with van der Waals surface area (Å²) in [6.45, 7) is 4.20. The number of carbonyl (C=O) groups is 4. The SMILES string of the molecule is COC(=O)CN(CC(=O)OC)c1ccccc1OCCOc1ccc(C2=c3cc4c5c(c3Oc3c2cc2c6c3CCCN6CCC2)CCC[N+]=5CC(N(CC(=O)OC)CC(=O)OC)C4)c(OCCCCCCN=[N+]=[N-])c1. The number of carbonyl (C=O) groups excluding carboxylic acids is 4. The molecule has 19 heteroatoms. The number of rotatable bonds is 24. The van der Waals surface area contributed by atoms with Crippen LogP contribution in [0.2, 0.25) is 0 Å². The third-order valence-corrected chi connectivity index (χ3v) is 14.9. The van der Waals surface area contributed by atoms with Gasteiger partial charge in [0, 0.05) is 82.2 Å². The molecule has 4 aromatic rings. The third-order valence-electron chi connectivity index (χ3n) is 14.9. The summed E-state index contributed by atoms with van der Waals surface area (Å²) < 4.78 is 49.4. The zero-order chi connectivity index (χ0) is 53.1. The Kier molecular flexibility index (Phi) is 17.5. The summed E-state index contributed by atoms with van der Waals surface area (Å²) in [7, 11) is 5.30. The molecule has 0 radical (unpaired) electrons. The van der Waals surface area contributed by atoms with Crippen molar-refractivity contribution >= 4 is 40.8 Å². The molecule has 0 saturated carbocycles. The van der Waals surface area contributed by atoms with Crippen molar-refractivity contribution in [2.24, 2.45) is 5.11 Å². The van der Waals surface area contributed by atoms with Crippen molar-refractivity contribution in [3.8, 4) is 28.7 Å². The molecule has 76 heavy (non-hydrogen) atoms. The monoisotopic (exact) mass is 1040 g/mol. The van der Waals surface area contributed by atoms with Gasteiger partial charge in [0.1, 0.15) is 61.6 Å². The minimum absolute atomic E-state index is 0.0506. The lowest BCUT2D eigenvalue weighted by molar-refractivity contribution is -0.147. The first-order valence-electron chi connectivity index (χ1n) is 26.4. The summed E-state index contributed by atoms with van der Waals surface area (Å²) in [5, 5.41) is 5.83. The minimum Gasteiger partial charge on any atom is -0.493 e. The number of methoxy groups -OCH3 is 4. The fourth-order valence-corrected chi connectivity index (χ4v) is 11.5. The summed E-state index contributed by atoms with van der Waals surface area (Å²) in [6, 6.07) is 17.6. The van der Waals surface area contributed by atoms with Gasteiger partial charge in [0.05, 0.1) is 65.4 Å². The van der Waals surface area contributed by atoms with Crippen LogP contribution in [0, 0.1) is 0 Å². The van der Waals surface area contributed by atoms with Gasteiger partial charge in [-0.25, -0.2) is 4.58 Å². The van der Waals surface area contributed by atoms with Crippen LogP contribution in [0.25, 0.3) is 16.0 Å². The van der Waals surface area contributed by atoms with Crippen molar-refractivity contribution in [1.82, 2.24) is 9.48 Å². The lowest BCUT2D eigenvalue weighted by Gasteiger charge is -2.39. The van der Waals surface area contributed by atoms with Crippen LogP contribution < -0.4 is 43.9 Å². The van der Waals surface area contributed by atoms with E-state index in [0.717, 1.165) is 128 Å². The van der Waals surface area contributed by atoms with Crippen molar-refractivity contribution in [3.05, 3.63) is 109 Å². The fraction of sp³-hybridized carbons (Fsp3) is 0.491. The summed E-state index contributed by atoms with van der Waals surface area (Å²) in [5.74, 6) is 1.54. The average Bonchev–Trinajstić information content (AvgIpc) is 3.45. The van der Waals surface area contributed by atoms with E-state index in [1.54, 1.807) is 23.1 Å². The summed E-state index contributed by atoms with van der Waals surface area (Å²) in [5.41, 5.74) is 18.4. The van der Waals surface area contributed by atoms with Gasteiger partial charge in [0.2, 0.25) is 5.36 Å². The van der Waals surface area contributed by atoms with E-state index in [0.29, 0.717) is 49.1 Å². The van der Waals surface area contributed by atoms with Gasteiger partial charge in [-0.3, -0.25) is 24.1 Å². The van der Waals surface area contributed by atoms with Crippen LogP contribution in [0.3, 0.4) is 0 Å². The number of anilines is 2. The van der Waals surface area contributed by atoms with E-state index in [-0.39, 0.29) is 45.4 Å². The third kappa shape index (κ3) is 11.8. The van der Waals surface area contributed by atoms with Crippen molar-refractivity contribution in [3.63, 3.8) is 0 Å². The Balaban J connectivity index is 1.12. The minimum atomic E-state index is -0.522. The van der Waals surface area contributed by atoms with Gasteiger partial charge in [-0.2, -0.15) is 0 Å². The quantitative estimate of drug-likeness (QED) is 0.0140. The van der Waals surface area contributed by atoms with Crippen LogP contribution >= 0.6 is 0 Å². The first-order chi connectivity index (χ1) is 37.1. The Bertz CT molecular complexity index is 2990. The Hall–Kier alpha value is -7.50. The zero-order valence-electron chi connectivity index (χ0n) is 44.1. The molecule has 19 nitrogen and oxygen atoms in total. The standard InChI is InChI=1S/C57H68N7O12/c1-69-49(65)33-63(34-50(66)70-2)39-28-38-30-45-53(44-29-37-14-11-22-61-23-12-15-42(54(37)61)56(44)76-57(45)43-16-13-24-62(32-39)55(38)43)41-20-19-40(31-48(41)74-25-10-6-5-9-21-59-60-58)73-26-27-75-47-18-8-7-17-46(47)64(35-51(67)71-3)36-52(68)72-4/h7-8,17-20,29-31,39H,5-6,9-16,21-28,32-36H2,1-4H3/q+1. The second-order valence-electron chi connectivity index (χ2n) is 19.7. The summed E-state index contributed by atoms with van der Waals surface area (Å²) in [6.07, 6.45) is 9.64. The molecule has 0 aliphatic carbocycles. The van der Waals surface area contributed by atoms with Crippen molar-refractivity contribution in [2.75, 3.05) is 117 Å². The second kappa shape index (κ2) is 24.9. The zero-order valence-corrected chi connectivity index (χ0v) is 44.1. The molecule has 1 unspecified atom stereocenters. The van der Waals surface area contributed by atoms with E-state index in [4.69, 9.17) is 43.4 Å². The lowest BCUT2D eigenvalue weighted by atomic mass is 9.82. The van der Waals surface area contributed by atoms with E-state index in [1.807, 2.05) is 23.1 Å². The highest BCUT2D eigenvalue weighted by molar-refractivity contribution is 5.91. The molecule has 5 aliphatic rings. The van der Waals surface area contributed by atoms with Crippen molar-refractivity contribution in [2.45, 2.75) is 76.7 Å². The predicted octanol–water partition coefficient (Wildman–Crippen LogP) is 5.61. The molecule has 9 rings (SSSR count). The van der Waals surface area contributed by atoms with Gasteiger partial charge < -0.3 is 47.7 Å². The maximum Gasteiger partial charge on any atom is 0.325 e. The molecule has 0 aromatic heterocycles. The largest absolute Gasteiger partial charge is 0.493 e. The van der Waals surface area contributed by atoms with Crippen LogP contribution in [0.5, 0.6) is 28.7 Å². The highest BCUT2D eigenvalue weighted by Crippen LogP contribution is 2.50. The number of ether oxygens (including phenoxy) is 8. The van der Waals surface area contributed by atoms with Gasteiger partial charge in [0.25, 0.3) is 0 Å². The number of esters is 4. The number of para-hydroxylation sites is 2. The predicted molar refractivity (Wildman–Crippen MR) is 283 cm³/mol. The van der Waals surface area contributed by atoms with Crippen LogP contribution in [0.1, 0.15) is 78.3 Å². The smallest absolute Gasteiger partial charge is 0.325 e. The number of azide groups is 1. The summed E-state index contributed by atoms with van der Waals surface area (Å²) in [4.78, 5) is 59.3. The van der Waals surface area contributed by atoms with Crippen LogP contribution in [-0.2, 0) is 63.8 Å². The Morgan fingerprint density at radius 3 is 2.14 bits per heavy atom. The molecule has 0 bridgehead atoms. The maximum absolute atomic E-state index is 12.8. The molecule has 1 atom stereocenters. The molecule has 0 saturated heterocycles. The topological polar surface area (TPSA) is 204 Å². The fourth-order valence-electron chi connectivity index (χ4n) is 11.5. The number of fused-ring (bicyclic) bond motifs is 4. The molecule has 5 heterocycles. The number of aryl methyl sites for hydroxylation is 1. The van der Waals surface area contributed by atoms with Gasteiger partial charge >= 0.3 is 23.9 Å². The van der Waals surface area contributed by atoms with Crippen molar-refractivity contribution in [1.29, 1.82) is 0 Å². The van der Waals surface area contributed by atoms with E-state index >= 15 is 0 Å². The van der Waals surface area contributed by atoms with Crippen LogP contribution in [0.4, 0.5) is 11.4 Å². The number of unbranched alkanes of at least 4 members (excludes halogenated alkanes) is 3. The first-order valence-corrected chi connectivity index (χ1v) is 26.4. The maximum atomic E-state index is 12.8. The van der Waals surface area contributed by atoms with E-state index < -0.39 is 23.9 Å². The average molecular weight is 1040 g/mol. The lowest BCUT2D eigenvalue weighted by Crippen LogP contribution is -2.56. The van der Waals surface area contributed by atoms with Gasteiger partial charge in [-0.1, -0.05) is 30.1 Å². The van der Waals surface area contributed by atoms with E-state index in [2.05, 4.69) is 37.7 Å². The first kappa shape index (κ1) is 53.3. The van der Waals surface area contributed by atoms with Gasteiger partial charge in [-0.15, -0.1) is 0 Å². The highest BCUT2D eigenvalue weighted by Gasteiger charge is 2.39. The highest BCUT2D eigenvalue weighted by atomic mass is 16.5. The number of nitrogens with zero attached hydrogens (tertiary/aromatic N) is 7. The normalized spacial score (nSPS) is 15.6. The Morgan fingerprint density at radius 2 is 1.39 bits per heavy atom. The van der Waals surface area contributed by atoms with Gasteiger partial charge in [-0.05, 0) is 92.4 Å². The Labute approximate surface area is 442 Å². The Morgan fingerprint density at radius 1 is 0.711 bits per heavy atom. The van der Waals surface area contributed by atoms with Gasteiger partial charge in [0.15, 0.2) is 6.54 Å². The molecule has 4 aromatic carbocycles. The number of benzene rings is 4. The molecular weight excluding hydrogens is 975 g/mol. The molecule has 402 valence electrons. The van der Waals surface area contributed by atoms with Crippen LogP contribution in [0.15, 0.2) is 59.7 Å². The van der Waals surface area contributed by atoms with E-state index in [1.165, 1.54) is 50.6 Å². The van der Waals surface area contributed by atoms with E-state index in [9.17, 15) is 19.2 Å². The molecule has 0 amide bonds. The molecule has 0 spiro atoms. The number of hydrogen-bond donors (Lipinski definition) is 0. The number of hydrogen-bond acceptors (Lipinski definition) is 16. The second-order valence-corrected chi connectivity index (χ2v) is 19.7. The van der Waals surface area contributed by atoms with Crippen molar-refractivity contribution < 1.29 is 57.1 Å².